The fourth-order valence-electron chi connectivity index (χ4n) is 6.93. The lowest BCUT2D eigenvalue weighted by Gasteiger charge is -2.42. The van der Waals surface area contributed by atoms with Crippen LogP contribution >= 0.6 is 0 Å². The van der Waals surface area contributed by atoms with E-state index in [0.717, 1.165) is 16.9 Å². The van der Waals surface area contributed by atoms with E-state index in [2.05, 4.69) is 110 Å². The van der Waals surface area contributed by atoms with Crippen molar-refractivity contribution in [3.63, 3.8) is 0 Å². The van der Waals surface area contributed by atoms with Gasteiger partial charge in [-0.3, -0.25) is 0 Å². The van der Waals surface area contributed by atoms with Gasteiger partial charge in [-0.25, -0.2) is 0 Å². The van der Waals surface area contributed by atoms with E-state index in [4.69, 9.17) is 4.42 Å². The largest absolute Gasteiger partial charge is 0.456 e. The number of anilines is 2. The van der Waals surface area contributed by atoms with Crippen LogP contribution in [0, 0.1) is 6.92 Å². The second-order valence-corrected chi connectivity index (χ2v) is 14.6. The van der Waals surface area contributed by atoms with Gasteiger partial charge >= 0.3 is 0 Å². The second kappa shape index (κ2) is 7.65. The molecule has 0 aliphatic heterocycles. The Balaban J connectivity index is 1.45. The summed E-state index contributed by atoms with van der Waals surface area (Å²) in [5.41, 5.74) is 12.3. The second-order valence-electron chi connectivity index (χ2n) is 14.6. The van der Waals surface area contributed by atoms with Crippen molar-refractivity contribution in [1.82, 2.24) is 0 Å². The number of hydrogen-bond donors (Lipinski definition) is 1. The molecule has 0 amide bonds. The van der Waals surface area contributed by atoms with Crippen LogP contribution in [0.4, 0.5) is 11.4 Å². The first-order valence-electron chi connectivity index (χ1n) is 14.1. The Morgan fingerprint density at radius 1 is 0.568 bits per heavy atom. The van der Waals surface area contributed by atoms with Crippen LogP contribution in [-0.4, -0.2) is 0 Å². The van der Waals surface area contributed by atoms with Crippen LogP contribution in [0.5, 0.6) is 0 Å². The molecular weight excluding hydrogens is 450 g/mol. The summed E-state index contributed by atoms with van der Waals surface area (Å²) in [6.45, 7) is 21.4. The molecule has 2 aliphatic carbocycles. The maximum absolute atomic E-state index is 6.41. The van der Waals surface area contributed by atoms with Crippen LogP contribution in [0.2, 0.25) is 0 Å². The van der Waals surface area contributed by atoms with Crippen molar-refractivity contribution >= 4 is 33.3 Å². The highest BCUT2D eigenvalue weighted by Crippen LogP contribution is 2.49. The number of hydrogen-bond acceptors (Lipinski definition) is 2. The molecule has 3 aromatic carbocycles. The minimum Gasteiger partial charge on any atom is -0.456 e. The fourth-order valence-corrected chi connectivity index (χ4v) is 6.93. The summed E-state index contributed by atoms with van der Waals surface area (Å²) >= 11 is 0. The monoisotopic (exact) mass is 493 g/mol. The van der Waals surface area contributed by atoms with Crippen molar-refractivity contribution < 1.29 is 4.42 Å². The zero-order chi connectivity index (χ0) is 26.5. The van der Waals surface area contributed by atoms with Gasteiger partial charge in [0.1, 0.15) is 11.2 Å². The standard InChI is InChI=1S/C35H43NO/c1-21-16-25-27(34(6,7)14-12-32(25,2)3)19-29(21)36-22-10-11-30-23(17-22)24-18-26-28(20-31(24)37-30)35(8,9)15-13-33(26,4)5/h10-11,16-20,36H,12-15H2,1-9H3. The van der Waals surface area contributed by atoms with Crippen molar-refractivity contribution in [2.45, 2.75) is 110 Å². The van der Waals surface area contributed by atoms with E-state index in [-0.39, 0.29) is 21.7 Å². The van der Waals surface area contributed by atoms with E-state index in [1.165, 1.54) is 70.0 Å². The average Bonchev–Trinajstić information content (AvgIpc) is 3.17. The van der Waals surface area contributed by atoms with Crippen LogP contribution in [0.25, 0.3) is 21.9 Å². The summed E-state index contributed by atoms with van der Waals surface area (Å²) in [6.07, 6.45) is 4.88. The van der Waals surface area contributed by atoms with E-state index >= 15 is 0 Å². The van der Waals surface area contributed by atoms with Gasteiger partial charge in [-0.2, -0.15) is 0 Å². The average molecular weight is 494 g/mol. The molecule has 0 bridgehead atoms. The topological polar surface area (TPSA) is 25.2 Å². The maximum Gasteiger partial charge on any atom is 0.135 e. The number of aryl methyl sites for hydroxylation is 1. The molecule has 0 radical (unpaired) electrons. The molecule has 0 unspecified atom stereocenters. The molecule has 37 heavy (non-hydrogen) atoms. The SMILES string of the molecule is Cc1cc2c(cc1Nc1ccc3oc4cc5c(cc4c3c1)C(C)(C)CCC5(C)C)C(C)(C)CCC2(C)C. The lowest BCUT2D eigenvalue weighted by atomic mass is 9.63. The number of rotatable bonds is 2. The predicted octanol–water partition coefficient (Wildman–Crippen LogP) is 10.3. The summed E-state index contributed by atoms with van der Waals surface area (Å²) in [5, 5.41) is 6.21. The Kier molecular flexibility index (Phi) is 5.08. The van der Waals surface area contributed by atoms with Crippen LogP contribution in [0.15, 0.2) is 46.9 Å². The highest BCUT2D eigenvalue weighted by atomic mass is 16.3. The summed E-state index contributed by atoms with van der Waals surface area (Å²) in [7, 11) is 0. The molecule has 4 aromatic rings. The third-order valence-electron chi connectivity index (χ3n) is 9.92. The quantitative estimate of drug-likeness (QED) is 0.300. The molecule has 1 heterocycles. The van der Waals surface area contributed by atoms with Gasteiger partial charge in [-0.1, -0.05) is 61.5 Å². The Morgan fingerprint density at radius 3 is 1.65 bits per heavy atom. The zero-order valence-electron chi connectivity index (χ0n) is 24.3. The molecule has 0 atom stereocenters. The van der Waals surface area contributed by atoms with Gasteiger partial charge in [-0.15, -0.1) is 0 Å². The van der Waals surface area contributed by atoms with Gasteiger partial charge in [0.25, 0.3) is 0 Å². The van der Waals surface area contributed by atoms with E-state index in [1.807, 2.05) is 0 Å². The molecule has 2 heteroatoms. The van der Waals surface area contributed by atoms with Crippen molar-refractivity contribution in [3.8, 4) is 0 Å². The summed E-state index contributed by atoms with van der Waals surface area (Å²) in [5.74, 6) is 0. The first kappa shape index (κ1) is 24.6. The Hall–Kier alpha value is -2.74. The number of nitrogens with one attached hydrogen (secondary N) is 1. The van der Waals surface area contributed by atoms with Crippen LogP contribution in [-0.2, 0) is 21.7 Å². The molecule has 0 spiro atoms. The first-order chi connectivity index (χ1) is 17.2. The molecule has 6 rings (SSSR count). The minimum atomic E-state index is 0.178. The normalized spacial score (nSPS) is 21.0. The molecule has 0 saturated heterocycles. The number of benzene rings is 3. The summed E-state index contributed by atoms with van der Waals surface area (Å²) in [6, 6.07) is 16.2. The first-order valence-corrected chi connectivity index (χ1v) is 14.1. The van der Waals surface area contributed by atoms with Gasteiger partial charge in [0.2, 0.25) is 0 Å². The number of furan rings is 1. The van der Waals surface area contributed by atoms with Crippen molar-refractivity contribution in [1.29, 1.82) is 0 Å². The highest BCUT2D eigenvalue weighted by molar-refractivity contribution is 6.07. The molecule has 194 valence electrons. The van der Waals surface area contributed by atoms with Gasteiger partial charge < -0.3 is 9.73 Å². The third kappa shape index (κ3) is 3.82. The van der Waals surface area contributed by atoms with E-state index in [0.29, 0.717) is 0 Å². The van der Waals surface area contributed by atoms with Gasteiger partial charge in [0.15, 0.2) is 0 Å². The third-order valence-corrected chi connectivity index (χ3v) is 9.92. The molecule has 1 N–H and O–H groups in total. The van der Waals surface area contributed by atoms with E-state index in [1.54, 1.807) is 0 Å². The van der Waals surface area contributed by atoms with Gasteiger partial charge in [0.05, 0.1) is 0 Å². The van der Waals surface area contributed by atoms with Crippen molar-refractivity contribution in [2.24, 2.45) is 0 Å². The van der Waals surface area contributed by atoms with Gasteiger partial charge in [0, 0.05) is 22.1 Å². The smallest absolute Gasteiger partial charge is 0.135 e. The summed E-state index contributed by atoms with van der Waals surface area (Å²) in [4.78, 5) is 0. The van der Waals surface area contributed by atoms with Crippen LogP contribution in [0.1, 0.15) is 109 Å². The summed E-state index contributed by atoms with van der Waals surface area (Å²) < 4.78 is 6.41. The molecular formula is C35H43NO. The molecule has 1 aromatic heterocycles. The Bertz CT molecular complexity index is 1560. The molecule has 2 nitrogen and oxygen atoms in total. The molecule has 0 fully saturated rings. The maximum atomic E-state index is 6.41. The lowest BCUT2D eigenvalue weighted by Crippen LogP contribution is -2.34. The predicted molar refractivity (Wildman–Crippen MR) is 159 cm³/mol. The minimum absolute atomic E-state index is 0.178. The van der Waals surface area contributed by atoms with E-state index in [9.17, 15) is 0 Å². The molecule has 0 saturated carbocycles. The van der Waals surface area contributed by atoms with Crippen LogP contribution in [0.3, 0.4) is 0 Å². The fraction of sp³-hybridized carbons (Fsp3) is 0.486. The molecule has 2 aliphatic rings. The van der Waals surface area contributed by atoms with E-state index < -0.39 is 0 Å². The lowest BCUT2D eigenvalue weighted by molar-refractivity contribution is 0.332. The number of fused-ring (bicyclic) bond motifs is 5. The van der Waals surface area contributed by atoms with Crippen molar-refractivity contribution in [3.05, 3.63) is 70.3 Å². The highest BCUT2D eigenvalue weighted by Gasteiger charge is 2.39. The van der Waals surface area contributed by atoms with Crippen molar-refractivity contribution in [2.75, 3.05) is 5.32 Å². The Morgan fingerprint density at radius 2 is 1.05 bits per heavy atom. The zero-order valence-corrected chi connectivity index (χ0v) is 24.3. The van der Waals surface area contributed by atoms with Gasteiger partial charge in [-0.05, 0) is 118 Å². The Labute approximate surface area is 222 Å². The van der Waals surface area contributed by atoms with Crippen LogP contribution < -0.4 is 5.32 Å².